The SMILES string of the molecule is CCC(C)NC(=O)CCNC(=O)c1cccc(COc2ccccc2C(N)=O)c1. The van der Waals surface area contributed by atoms with Crippen LogP contribution in [0.5, 0.6) is 5.75 Å². The summed E-state index contributed by atoms with van der Waals surface area (Å²) in [7, 11) is 0. The van der Waals surface area contributed by atoms with Gasteiger partial charge in [0.05, 0.1) is 5.56 Å². The molecule has 7 heteroatoms. The average molecular weight is 397 g/mol. The molecule has 29 heavy (non-hydrogen) atoms. The van der Waals surface area contributed by atoms with Gasteiger partial charge in [0, 0.05) is 24.6 Å². The van der Waals surface area contributed by atoms with Crippen molar-refractivity contribution in [3.05, 3.63) is 65.2 Å². The first-order valence-corrected chi connectivity index (χ1v) is 9.58. The molecule has 0 saturated heterocycles. The van der Waals surface area contributed by atoms with Crippen LogP contribution in [0.3, 0.4) is 0 Å². The lowest BCUT2D eigenvalue weighted by Gasteiger charge is -2.12. The minimum absolute atomic E-state index is 0.0880. The molecule has 0 aromatic heterocycles. The summed E-state index contributed by atoms with van der Waals surface area (Å²) < 4.78 is 5.69. The molecule has 0 heterocycles. The van der Waals surface area contributed by atoms with Crippen molar-refractivity contribution in [3.63, 3.8) is 0 Å². The Labute approximate surface area is 170 Å². The topological polar surface area (TPSA) is 111 Å². The van der Waals surface area contributed by atoms with Crippen LogP contribution in [0.4, 0.5) is 0 Å². The van der Waals surface area contributed by atoms with Crippen LogP contribution in [0, 0.1) is 0 Å². The Kier molecular flexibility index (Phi) is 8.21. The summed E-state index contributed by atoms with van der Waals surface area (Å²) in [5, 5.41) is 5.60. The van der Waals surface area contributed by atoms with Gasteiger partial charge in [-0.1, -0.05) is 31.2 Å². The Balaban J connectivity index is 1.89. The lowest BCUT2D eigenvalue weighted by Crippen LogP contribution is -2.35. The lowest BCUT2D eigenvalue weighted by molar-refractivity contribution is -0.121. The second-order valence-electron chi connectivity index (χ2n) is 6.73. The summed E-state index contributed by atoms with van der Waals surface area (Å²) in [5.41, 5.74) is 6.89. The first kappa shape index (κ1) is 21.9. The van der Waals surface area contributed by atoms with E-state index in [-0.39, 0.29) is 37.4 Å². The number of nitrogens with one attached hydrogen (secondary N) is 2. The van der Waals surface area contributed by atoms with E-state index in [2.05, 4.69) is 10.6 Å². The van der Waals surface area contributed by atoms with Crippen LogP contribution in [0.15, 0.2) is 48.5 Å². The fraction of sp³-hybridized carbons (Fsp3) is 0.318. The van der Waals surface area contributed by atoms with E-state index in [1.54, 1.807) is 42.5 Å². The second kappa shape index (κ2) is 10.8. The molecule has 1 atom stereocenters. The molecule has 0 bridgehead atoms. The molecule has 3 amide bonds. The van der Waals surface area contributed by atoms with Gasteiger partial charge in [0.1, 0.15) is 12.4 Å². The van der Waals surface area contributed by atoms with Crippen LogP contribution >= 0.6 is 0 Å². The molecule has 2 aromatic rings. The maximum Gasteiger partial charge on any atom is 0.252 e. The first-order chi connectivity index (χ1) is 13.9. The van der Waals surface area contributed by atoms with Crippen LogP contribution in [-0.4, -0.2) is 30.3 Å². The number of rotatable bonds is 10. The zero-order valence-electron chi connectivity index (χ0n) is 16.7. The zero-order chi connectivity index (χ0) is 21.2. The van der Waals surface area contributed by atoms with Gasteiger partial charge in [0.2, 0.25) is 5.91 Å². The van der Waals surface area contributed by atoms with E-state index in [1.165, 1.54) is 0 Å². The fourth-order valence-corrected chi connectivity index (χ4v) is 2.60. The highest BCUT2D eigenvalue weighted by molar-refractivity contribution is 5.95. The van der Waals surface area contributed by atoms with Crippen molar-refractivity contribution >= 4 is 17.7 Å². The molecule has 2 rings (SSSR count). The average Bonchev–Trinajstić information content (AvgIpc) is 2.72. The van der Waals surface area contributed by atoms with Crippen LogP contribution in [0.1, 0.15) is 53.0 Å². The van der Waals surface area contributed by atoms with E-state index < -0.39 is 5.91 Å². The highest BCUT2D eigenvalue weighted by Gasteiger charge is 2.11. The van der Waals surface area contributed by atoms with Crippen LogP contribution in [0.25, 0.3) is 0 Å². The van der Waals surface area contributed by atoms with Gasteiger partial charge in [-0.05, 0) is 43.2 Å². The van der Waals surface area contributed by atoms with Crippen molar-refractivity contribution in [2.45, 2.75) is 39.3 Å². The highest BCUT2D eigenvalue weighted by atomic mass is 16.5. The van der Waals surface area contributed by atoms with Crippen LogP contribution in [-0.2, 0) is 11.4 Å². The number of benzene rings is 2. The summed E-state index contributed by atoms with van der Waals surface area (Å²) in [6, 6.07) is 13.8. The Morgan fingerprint density at radius 3 is 2.59 bits per heavy atom. The molecule has 4 N–H and O–H groups in total. The minimum atomic E-state index is -0.564. The van der Waals surface area contributed by atoms with Crippen molar-refractivity contribution in [1.29, 1.82) is 0 Å². The number of primary amides is 1. The molecule has 0 aliphatic rings. The molecule has 0 saturated carbocycles. The first-order valence-electron chi connectivity index (χ1n) is 9.58. The monoisotopic (exact) mass is 397 g/mol. The van der Waals surface area contributed by atoms with Gasteiger partial charge in [0.25, 0.3) is 11.8 Å². The minimum Gasteiger partial charge on any atom is -0.488 e. The Bertz CT molecular complexity index is 867. The van der Waals surface area contributed by atoms with Crippen molar-refractivity contribution in [1.82, 2.24) is 10.6 Å². The predicted molar refractivity (Wildman–Crippen MR) is 111 cm³/mol. The molecular formula is C22H27N3O4. The summed E-state index contributed by atoms with van der Waals surface area (Å²) in [6.07, 6.45) is 1.08. The summed E-state index contributed by atoms with van der Waals surface area (Å²) in [5.74, 6) is -0.524. The van der Waals surface area contributed by atoms with Gasteiger partial charge >= 0.3 is 0 Å². The molecular weight excluding hydrogens is 370 g/mol. The maximum absolute atomic E-state index is 12.3. The van der Waals surface area contributed by atoms with Gasteiger partial charge in [-0.3, -0.25) is 14.4 Å². The van der Waals surface area contributed by atoms with E-state index in [0.717, 1.165) is 12.0 Å². The quantitative estimate of drug-likeness (QED) is 0.572. The third-order valence-corrected chi connectivity index (χ3v) is 4.39. The number of hydrogen-bond acceptors (Lipinski definition) is 4. The number of carbonyl (C=O) groups is 3. The van der Waals surface area contributed by atoms with E-state index in [0.29, 0.717) is 16.9 Å². The summed E-state index contributed by atoms with van der Waals surface area (Å²) >= 11 is 0. The number of hydrogen-bond donors (Lipinski definition) is 3. The van der Waals surface area contributed by atoms with Gasteiger partial charge in [-0.15, -0.1) is 0 Å². The smallest absolute Gasteiger partial charge is 0.252 e. The fourth-order valence-electron chi connectivity index (χ4n) is 2.60. The van der Waals surface area contributed by atoms with E-state index in [9.17, 15) is 14.4 Å². The van der Waals surface area contributed by atoms with E-state index in [1.807, 2.05) is 19.9 Å². The Morgan fingerprint density at radius 1 is 1.10 bits per heavy atom. The standard InChI is InChI=1S/C22H27N3O4/c1-3-15(2)25-20(26)11-12-24-22(28)17-8-6-7-16(13-17)14-29-19-10-5-4-9-18(19)21(23)27/h4-10,13,15H,3,11-12,14H2,1-2H3,(H2,23,27)(H,24,28)(H,25,26). The third-order valence-electron chi connectivity index (χ3n) is 4.39. The van der Waals surface area contributed by atoms with Crippen molar-refractivity contribution in [2.24, 2.45) is 5.73 Å². The molecule has 7 nitrogen and oxygen atoms in total. The van der Waals surface area contributed by atoms with Gasteiger partial charge in [-0.2, -0.15) is 0 Å². The molecule has 0 fully saturated rings. The molecule has 0 radical (unpaired) electrons. The molecule has 0 aliphatic carbocycles. The normalized spacial score (nSPS) is 11.4. The number of nitrogens with two attached hydrogens (primary N) is 1. The number of amides is 3. The van der Waals surface area contributed by atoms with Crippen molar-refractivity contribution < 1.29 is 19.1 Å². The molecule has 0 aliphatic heterocycles. The van der Waals surface area contributed by atoms with Gasteiger partial charge < -0.3 is 21.1 Å². The number of carbonyl (C=O) groups excluding carboxylic acids is 3. The van der Waals surface area contributed by atoms with Crippen LogP contribution < -0.4 is 21.1 Å². The Morgan fingerprint density at radius 2 is 1.86 bits per heavy atom. The van der Waals surface area contributed by atoms with E-state index in [4.69, 9.17) is 10.5 Å². The summed E-state index contributed by atoms with van der Waals surface area (Å²) in [4.78, 5) is 35.6. The third kappa shape index (κ3) is 6.95. The lowest BCUT2D eigenvalue weighted by atomic mass is 10.1. The zero-order valence-corrected chi connectivity index (χ0v) is 16.7. The van der Waals surface area contributed by atoms with Gasteiger partial charge in [-0.25, -0.2) is 0 Å². The molecule has 154 valence electrons. The second-order valence-corrected chi connectivity index (χ2v) is 6.73. The predicted octanol–water partition coefficient (Wildman–Crippen LogP) is 2.40. The van der Waals surface area contributed by atoms with E-state index >= 15 is 0 Å². The Hall–Kier alpha value is -3.35. The van der Waals surface area contributed by atoms with Gasteiger partial charge in [0.15, 0.2) is 0 Å². The molecule has 0 spiro atoms. The largest absolute Gasteiger partial charge is 0.488 e. The summed E-state index contributed by atoms with van der Waals surface area (Å²) in [6.45, 7) is 4.37. The highest BCUT2D eigenvalue weighted by Crippen LogP contribution is 2.19. The van der Waals surface area contributed by atoms with Crippen molar-refractivity contribution in [2.75, 3.05) is 6.54 Å². The molecule has 2 aromatic carbocycles. The molecule has 1 unspecified atom stereocenters. The number of para-hydroxylation sites is 1. The van der Waals surface area contributed by atoms with Crippen molar-refractivity contribution in [3.8, 4) is 5.75 Å². The maximum atomic E-state index is 12.3. The number of ether oxygens (including phenoxy) is 1. The van der Waals surface area contributed by atoms with Crippen LogP contribution in [0.2, 0.25) is 0 Å².